The molecule has 0 bridgehead atoms. The van der Waals surface area contributed by atoms with Gasteiger partial charge in [0.15, 0.2) is 0 Å². The summed E-state index contributed by atoms with van der Waals surface area (Å²) >= 11 is 0. The summed E-state index contributed by atoms with van der Waals surface area (Å²) in [5, 5.41) is 6.92. The lowest BCUT2D eigenvalue weighted by Crippen LogP contribution is -2.51. The molecule has 2 atom stereocenters. The number of hydrogen-bond acceptors (Lipinski definition) is 3. The van der Waals surface area contributed by atoms with Crippen molar-refractivity contribution in [2.24, 2.45) is 0 Å². The summed E-state index contributed by atoms with van der Waals surface area (Å²) in [5.74, 6) is 0. The van der Waals surface area contributed by atoms with Crippen molar-refractivity contribution >= 4 is 0 Å². The molecule has 1 aliphatic rings. The minimum absolute atomic E-state index is 0.289. The van der Waals surface area contributed by atoms with Crippen LogP contribution in [0.25, 0.3) is 0 Å². The second kappa shape index (κ2) is 5.99. The highest BCUT2D eigenvalue weighted by molar-refractivity contribution is 5.14. The van der Waals surface area contributed by atoms with Crippen LogP contribution in [0.15, 0.2) is 30.3 Å². The molecule has 1 saturated heterocycles. The number of piperidine rings is 1. The van der Waals surface area contributed by atoms with E-state index in [9.17, 15) is 0 Å². The van der Waals surface area contributed by atoms with E-state index >= 15 is 0 Å². The van der Waals surface area contributed by atoms with Crippen LogP contribution in [0.3, 0.4) is 0 Å². The van der Waals surface area contributed by atoms with Crippen molar-refractivity contribution in [3.05, 3.63) is 35.9 Å². The average molecular weight is 220 g/mol. The molecule has 3 heteroatoms. The van der Waals surface area contributed by atoms with E-state index in [-0.39, 0.29) is 6.10 Å². The Morgan fingerprint density at radius 1 is 1.38 bits per heavy atom. The normalized spacial score (nSPS) is 25.6. The maximum absolute atomic E-state index is 5.47. The molecule has 1 aliphatic heterocycles. The van der Waals surface area contributed by atoms with E-state index in [1.165, 1.54) is 5.56 Å². The van der Waals surface area contributed by atoms with Gasteiger partial charge >= 0.3 is 0 Å². The number of nitrogens with one attached hydrogen (secondary N) is 2. The van der Waals surface area contributed by atoms with E-state index < -0.39 is 0 Å². The molecule has 1 aromatic carbocycles. The minimum atomic E-state index is 0.289. The SMILES string of the molecule is CO[C@H]1CNCC[C@H]1NCc1ccccc1. The van der Waals surface area contributed by atoms with Crippen molar-refractivity contribution < 1.29 is 4.74 Å². The fourth-order valence-corrected chi connectivity index (χ4v) is 2.16. The third-order valence-corrected chi connectivity index (χ3v) is 3.14. The van der Waals surface area contributed by atoms with Crippen molar-refractivity contribution in [2.75, 3.05) is 20.2 Å². The van der Waals surface area contributed by atoms with Gasteiger partial charge in [-0.05, 0) is 18.5 Å². The zero-order valence-corrected chi connectivity index (χ0v) is 9.78. The lowest BCUT2D eigenvalue weighted by molar-refractivity contribution is 0.0512. The van der Waals surface area contributed by atoms with Crippen LogP contribution >= 0.6 is 0 Å². The second-order valence-electron chi connectivity index (χ2n) is 4.24. The maximum Gasteiger partial charge on any atom is 0.0848 e. The van der Waals surface area contributed by atoms with Gasteiger partial charge in [-0.3, -0.25) is 0 Å². The Morgan fingerprint density at radius 3 is 2.94 bits per heavy atom. The third kappa shape index (κ3) is 3.04. The highest BCUT2D eigenvalue weighted by Gasteiger charge is 2.23. The summed E-state index contributed by atoms with van der Waals surface area (Å²) in [6.45, 7) is 2.95. The summed E-state index contributed by atoms with van der Waals surface area (Å²) in [7, 11) is 1.79. The largest absolute Gasteiger partial charge is 0.379 e. The van der Waals surface area contributed by atoms with Gasteiger partial charge in [-0.1, -0.05) is 30.3 Å². The monoisotopic (exact) mass is 220 g/mol. The molecule has 0 amide bonds. The van der Waals surface area contributed by atoms with E-state index in [4.69, 9.17) is 4.74 Å². The van der Waals surface area contributed by atoms with Crippen LogP contribution in [0.2, 0.25) is 0 Å². The standard InChI is InChI=1S/C13H20N2O/c1-16-13-10-14-8-7-12(13)15-9-11-5-3-2-4-6-11/h2-6,12-15H,7-10H2,1H3/t12-,13+/m1/s1. The Bertz CT molecular complexity index is 302. The van der Waals surface area contributed by atoms with Crippen molar-refractivity contribution in [3.8, 4) is 0 Å². The van der Waals surface area contributed by atoms with E-state index in [1.54, 1.807) is 7.11 Å². The highest BCUT2D eigenvalue weighted by atomic mass is 16.5. The van der Waals surface area contributed by atoms with Gasteiger partial charge in [0.25, 0.3) is 0 Å². The summed E-state index contributed by atoms with van der Waals surface area (Å²) in [6.07, 6.45) is 1.42. The van der Waals surface area contributed by atoms with Crippen LogP contribution in [-0.4, -0.2) is 32.3 Å². The lowest BCUT2D eigenvalue weighted by Gasteiger charge is -2.31. The van der Waals surface area contributed by atoms with Crippen LogP contribution in [0.5, 0.6) is 0 Å². The number of rotatable bonds is 4. The molecule has 0 aromatic heterocycles. The van der Waals surface area contributed by atoms with Crippen molar-refractivity contribution in [1.82, 2.24) is 10.6 Å². The van der Waals surface area contributed by atoms with Gasteiger partial charge < -0.3 is 15.4 Å². The summed E-state index contributed by atoms with van der Waals surface area (Å²) in [6, 6.07) is 11.0. The smallest absolute Gasteiger partial charge is 0.0848 e. The van der Waals surface area contributed by atoms with Crippen molar-refractivity contribution in [3.63, 3.8) is 0 Å². The Kier molecular flexibility index (Phi) is 4.34. The van der Waals surface area contributed by atoms with Crippen molar-refractivity contribution in [2.45, 2.75) is 25.1 Å². The predicted molar refractivity (Wildman–Crippen MR) is 65.4 cm³/mol. The van der Waals surface area contributed by atoms with Gasteiger partial charge in [0.2, 0.25) is 0 Å². The first kappa shape index (κ1) is 11.6. The molecule has 1 heterocycles. The summed E-state index contributed by atoms with van der Waals surface area (Å²) in [5.41, 5.74) is 1.33. The van der Waals surface area contributed by atoms with Gasteiger partial charge in [-0.2, -0.15) is 0 Å². The molecule has 2 rings (SSSR count). The Morgan fingerprint density at radius 2 is 2.19 bits per heavy atom. The topological polar surface area (TPSA) is 33.3 Å². The number of benzene rings is 1. The van der Waals surface area contributed by atoms with E-state index in [1.807, 2.05) is 6.07 Å². The zero-order valence-electron chi connectivity index (χ0n) is 9.78. The first-order valence-corrected chi connectivity index (χ1v) is 5.91. The molecule has 88 valence electrons. The Balaban J connectivity index is 1.84. The van der Waals surface area contributed by atoms with Gasteiger partial charge in [0.1, 0.15) is 0 Å². The van der Waals surface area contributed by atoms with Crippen LogP contribution in [0, 0.1) is 0 Å². The van der Waals surface area contributed by atoms with E-state index in [0.29, 0.717) is 6.04 Å². The lowest BCUT2D eigenvalue weighted by atomic mass is 10.0. The van der Waals surface area contributed by atoms with Gasteiger partial charge in [-0.15, -0.1) is 0 Å². The van der Waals surface area contributed by atoms with Crippen LogP contribution in [0.4, 0.5) is 0 Å². The predicted octanol–water partition coefficient (Wildman–Crippen LogP) is 1.15. The molecule has 2 N–H and O–H groups in total. The number of ether oxygens (including phenoxy) is 1. The fourth-order valence-electron chi connectivity index (χ4n) is 2.16. The molecule has 1 fully saturated rings. The first-order chi connectivity index (χ1) is 7.90. The van der Waals surface area contributed by atoms with Crippen molar-refractivity contribution in [1.29, 1.82) is 0 Å². The molecular formula is C13H20N2O. The molecule has 0 saturated carbocycles. The fraction of sp³-hybridized carbons (Fsp3) is 0.538. The molecule has 0 aliphatic carbocycles. The molecule has 0 radical (unpaired) electrons. The second-order valence-corrected chi connectivity index (χ2v) is 4.24. The maximum atomic E-state index is 5.47. The molecule has 3 nitrogen and oxygen atoms in total. The zero-order chi connectivity index (χ0) is 11.2. The molecular weight excluding hydrogens is 200 g/mol. The van der Waals surface area contributed by atoms with Crippen LogP contribution in [0.1, 0.15) is 12.0 Å². The average Bonchev–Trinajstić information content (AvgIpc) is 2.38. The number of methoxy groups -OCH3 is 1. The molecule has 0 spiro atoms. The van der Waals surface area contributed by atoms with Gasteiger partial charge in [0.05, 0.1) is 6.10 Å². The van der Waals surface area contributed by atoms with E-state index in [0.717, 1.165) is 26.1 Å². The van der Waals surface area contributed by atoms with Crippen LogP contribution in [-0.2, 0) is 11.3 Å². The first-order valence-electron chi connectivity index (χ1n) is 5.91. The summed E-state index contributed by atoms with van der Waals surface area (Å²) < 4.78 is 5.47. The third-order valence-electron chi connectivity index (χ3n) is 3.14. The number of hydrogen-bond donors (Lipinski definition) is 2. The highest BCUT2D eigenvalue weighted by Crippen LogP contribution is 2.08. The summed E-state index contributed by atoms with van der Waals surface area (Å²) in [4.78, 5) is 0. The van der Waals surface area contributed by atoms with E-state index in [2.05, 4.69) is 34.9 Å². The molecule has 1 aromatic rings. The van der Waals surface area contributed by atoms with Gasteiger partial charge in [0, 0.05) is 26.2 Å². The Labute approximate surface area is 97.2 Å². The Hall–Kier alpha value is -0.900. The quantitative estimate of drug-likeness (QED) is 0.798. The van der Waals surface area contributed by atoms with Gasteiger partial charge in [-0.25, -0.2) is 0 Å². The minimum Gasteiger partial charge on any atom is -0.379 e. The molecule has 0 unspecified atom stereocenters. The molecule has 16 heavy (non-hydrogen) atoms. The van der Waals surface area contributed by atoms with Crippen LogP contribution < -0.4 is 10.6 Å².